The van der Waals surface area contributed by atoms with Crippen LogP contribution in [-0.2, 0) is 0 Å². The Morgan fingerprint density at radius 3 is 2.79 bits per heavy atom. The van der Waals surface area contributed by atoms with Gasteiger partial charge in [-0.05, 0) is 49.3 Å². The van der Waals surface area contributed by atoms with E-state index in [0.717, 1.165) is 25.2 Å². The number of rotatable bonds is 7. The van der Waals surface area contributed by atoms with Crippen LogP contribution in [0, 0.1) is 0 Å². The number of benzene rings is 2. The lowest BCUT2D eigenvalue weighted by molar-refractivity contribution is 0.112. The number of aliphatic imine (C=N–C) groups is 1. The molecule has 1 atom stereocenters. The number of hydrogen-bond donors (Lipinski definition) is 3. The fourth-order valence-electron chi connectivity index (χ4n) is 3.15. The van der Waals surface area contributed by atoms with Crippen LogP contribution in [-0.4, -0.2) is 43.8 Å². The number of hydrogen-bond acceptors (Lipinski definition) is 6. The minimum Gasteiger partial charge on any atom is -0.495 e. The first-order valence-electron chi connectivity index (χ1n) is 9.01. The van der Waals surface area contributed by atoms with Crippen molar-refractivity contribution >= 4 is 29.4 Å². The number of nitrogens with two attached hydrogens (primary N) is 2. The molecule has 7 nitrogen and oxygen atoms in total. The van der Waals surface area contributed by atoms with Gasteiger partial charge in [0, 0.05) is 17.7 Å². The van der Waals surface area contributed by atoms with Crippen LogP contribution in [0.2, 0.25) is 5.02 Å². The highest BCUT2D eigenvalue weighted by atomic mass is 35.5. The summed E-state index contributed by atoms with van der Waals surface area (Å²) in [5.41, 5.74) is 11.0. The van der Waals surface area contributed by atoms with E-state index in [2.05, 4.69) is 10.3 Å². The van der Waals surface area contributed by atoms with Crippen molar-refractivity contribution in [3.05, 3.63) is 58.1 Å². The Kier molecular flexibility index (Phi) is 6.51. The van der Waals surface area contributed by atoms with Crippen LogP contribution < -0.4 is 21.7 Å². The first-order valence-corrected chi connectivity index (χ1v) is 9.39. The molecule has 1 fully saturated rings. The predicted octanol–water partition coefficient (Wildman–Crippen LogP) is 2.40. The van der Waals surface area contributed by atoms with Crippen molar-refractivity contribution in [3.8, 4) is 5.75 Å². The second-order valence-corrected chi connectivity index (χ2v) is 7.02. The molecule has 1 heterocycles. The average molecular weight is 402 g/mol. The highest BCUT2D eigenvalue weighted by Gasteiger charge is 2.22. The number of nitrogen functional groups attached to an aromatic ring is 1. The zero-order valence-electron chi connectivity index (χ0n) is 15.7. The van der Waals surface area contributed by atoms with Gasteiger partial charge in [0.15, 0.2) is 6.29 Å². The molecule has 1 saturated heterocycles. The maximum atomic E-state index is 11.2. The van der Waals surface area contributed by atoms with Crippen LogP contribution >= 0.6 is 11.6 Å². The van der Waals surface area contributed by atoms with E-state index in [-0.39, 0.29) is 6.04 Å². The molecular formula is C20H24ClN5O2. The van der Waals surface area contributed by atoms with E-state index in [1.165, 1.54) is 6.42 Å². The van der Waals surface area contributed by atoms with E-state index in [9.17, 15) is 4.79 Å². The zero-order valence-corrected chi connectivity index (χ0v) is 16.4. The number of hydrazine groups is 1. The van der Waals surface area contributed by atoms with E-state index in [0.29, 0.717) is 39.7 Å². The van der Waals surface area contributed by atoms with Gasteiger partial charge in [0.2, 0.25) is 0 Å². The summed E-state index contributed by atoms with van der Waals surface area (Å²) < 4.78 is 5.35. The third-order valence-electron chi connectivity index (χ3n) is 4.88. The lowest BCUT2D eigenvalue weighted by Gasteiger charge is -2.33. The van der Waals surface area contributed by atoms with Crippen LogP contribution in [0.15, 0.2) is 41.4 Å². The summed E-state index contributed by atoms with van der Waals surface area (Å²) in [6.07, 6.45) is 1.89. The molecular weight excluding hydrogens is 378 g/mol. The lowest BCUT2D eigenvalue weighted by atomic mass is 10.0. The van der Waals surface area contributed by atoms with Crippen LogP contribution in [0.3, 0.4) is 0 Å². The number of aldehydes is 1. The molecule has 1 aliphatic rings. The molecule has 2 aromatic rings. The molecule has 0 saturated carbocycles. The van der Waals surface area contributed by atoms with Gasteiger partial charge >= 0.3 is 0 Å². The van der Waals surface area contributed by atoms with Gasteiger partial charge < -0.3 is 20.8 Å². The number of nitrogens with zero attached hydrogens (tertiary/aromatic N) is 2. The molecule has 0 spiro atoms. The summed E-state index contributed by atoms with van der Waals surface area (Å²) in [4.78, 5) is 18.4. The molecule has 0 amide bonds. The van der Waals surface area contributed by atoms with Crippen molar-refractivity contribution in [2.75, 3.05) is 32.5 Å². The molecule has 148 valence electrons. The molecule has 0 aromatic heterocycles. The minimum atomic E-state index is -0.211. The topological polar surface area (TPSA) is 106 Å². The van der Waals surface area contributed by atoms with Crippen molar-refractivity contribution in [2.24, 2.45) is 10.8 Å². The molecule has 1 aliphatic heterocycles. The van der Waals surface area contributed by atoms with Crippen LogP contribution in [0.25, 0.3) is 0 Å². The normalized spacial score (nSPS) is 15.6. The Labute approximate surface area is 169 Å². The zero-order chi connectivity index (χ0) is 20.1. The Morgan fingerprint density at radius 2 is 2.18 bits per heavy atom. The molecule has 8 heteroatoms. The summed E-state index contributed by atoms with van der Waals surface area (Å²) >= 11 is 6.18. The number of nitrogens with one attached hydrogen (secondary N) is 1. The molecule has 1 unspecified atom stereocenters. The molecule has 0 bridgehead atoms. The highest BCUT2D eigenvalue weighted by Crippen LogP contribution is 2.31. The maximum Gasteiger partial charge on any atom is 0.152 e. The minimum absolute atomic E-state index is 0.211. The largest absolute Gasteiger partial charge is 0.495 e. The number of likely N-dealkylation sites (tertiary alicyclic amines) is 1. The summed E-state index contributed by atoms with van der Waals surface area (Å²) in [5.74, 6) is 6.77. The fraction of sp³-hybridized carbons (Fsp3) is 0.300. The van der Waals surface area contributed by atoms with Gasteiger partial charge in [0.1, 0.15) is 11.6 Å². The Hall–Kier alpha value is -2.61. The second-order valence-electron chi connectivity index (χ2n) is 6.61. The van der Waals surface area contributed by atoms with Crippen molar-refractivity contribution in [2.45, 2.75) is 12.5 Å². The summed E-state index contributed by atoms with van der Waals surface area (Å²) in [5, 5.41) is 0.540. The number of methoxy groups -OCH3 is 1. The smallest absolute Gasteiger partial charge is 0.152 e. The fourth-order valence-corrected chi connectivity index (χ4v) is 3.34. The number of ether oxygens (including phenoxy) is 1. The number of amidine groups is 1. The number of anilines is 1. The summed E-state index contributed by atoms with van der Waals surface area (Å²) in [6, 6.07) is 10.6. The van der Waals surface area contributed by atoms with E-state index in [4.69, 9.17) is 32.9 Å². The lowest BCUT2D eigenvalue weighted by Crippen LogP contribution is -2.40. The van der Waals surface area contributed by atoms with Gasteiger partial charge in [-0.15, -0.1) is 0 Å². The predicted molar refractivity (Wildman–Crippen MR) is 112 cm³/mol. The average Bonchev–Trinajstić information content (AvgIpc) is 2.68. The standard InChI is InChI=1S/C20H24ClN5O2/c1-28-18-10-13(6-7-16(18)21)17(11-26-8-3-9-26)24-20(25-23)15-5-2-4-14(12-27)19(15)22/h2,4-7,10,12,17H,3,8-9,11,22-23H2,1H3,(H,24,25). The number of carbonyl (C=O) groups excluding carboxylic acids is 1. The van der Waals surface area contributed by atoms with Gasteiger partial charge in [-0.1, -0.05) is 23.7 Å². The van der Waals surface area contributed by atoms with Crippen molar-refractivity contribution in [3.63, 3.8) is 0 Å². The van der Waals surface area contributed by atoms with E-state index >= 15 is 0 Å². The van der Waals surface area contributed by atoms with Crippen molar-refractivity contribution in [1.29, 1.82) is 0 Å². The van der Waals surface area contributed by atoms with Crippen molar-refractivity contribution in [1.82, 2.24) is 10.3 Å². The third kappa shape index (κ3) is 4.27. The van der Waals surface area contributed by atoms with Crippen LogP contribution in [0.1, 0.15) is 33.9 Å². The number of para-hydroxylation sites is 1. The quantitative estimate of drug-likeness (QED) is 0.164. The van der Waals surface area contributed by atoms with Crippen LogP contribution in [0.4, 0.5) is 5.69 Å². The van der Waals surface area contributed by atoms with Gasteiger partial charge in [0.05, 0.1) is 23.9 Å². The Bertz CT molecular complexity index is 883. The van der Waals surface area contributed by atoms with Gasteiger partial charge in [0.25, 0.3) is 0 Å². The molecule has 3 rings (SSSR count). The van der Waals surface area contributed by atoms with E-state index in [1.54, 1.807) is 31.4 Å². The summed E-state index contributed by atoms with van der Waals surface area (Å²) in [6.45, 7) is 2.79. The first kappa shape index (κ1) is 20.1. The van der Waals surface area contributed by atoms with E-state index < -0.39 is 0 Å². The molecule has 0 aliphatic carbocycles. The van der Waals surface area contributed by atoms with Gasteiger partial charge in [-0.3, -0.25) is 9.79 Å². The van der Waals surface area contributed by atoms with Gasteiger partial charge in [-0.2, -0.15) is 0 Å². The Morgan fingerprint density at radius 1 is 1.39 bits per heavy atom. The maximum absolute atomic E-state index is 11.2. The molecule has 2 aromatic carbocycles. The first-order chi connectivity index (χ1) is 13.6. The van der Waals surface area contributed by atoms with Gasteiger partial charge in [-0.25, -0.2) is 5.84 Å². The number of carbonyl (C=O) groups is 1. The Balaban J connectivity index is 2.02. The highest BCUT2D eigenvalue weighted by molar-refractivity contribution is 6.32. The SMILES string of the molecule is COc1cc(C(CN2CCC2)N=C(NN)c2cccc(C=O)c2N)ccc1Cl. The third-order valence-corrected chi connectivity index (χ3v) is 5.20. The van der Waals surface area contributed by atoms with E-state index in [1.807, 2.05) is 12.1 Å². The monoisotopic (exact) mass is 401 g/mol. The molecule has 28 heavy (non-hydrogen) atoms. The molecule has 5 N–H and O–H groups in total. The second kappa shape index (κ2) is 9.05. The van der Waals surface area contributed by atoms with Crippen LogP contribution in [0.5, 0.6) is 5.75 Å². The van der Waals surface area contributed by atoms with Crippen molar-refractivity contribution < 1.29 is 9.53 Å². The molecule has 0 radical (unpaired) electrons. The number of halogens is 1. The summed E-state index contributed by atoms with van der Waals surface area (Å²) in [7, 11) is 1.58.